The molecule has 102 valence electrons. The van der Waals surface area contributed by atoms with Crippen molar-refractivity contribution < 1.29 is 0 Å². The van der Waals surface area contributed by atoms with E-state index in [4.69, 9.17) is 0 Å². The van der Waals surface area contributed by atoms with Gasteiger partial charge in [-0.2, -0.15) is 0 Å². The smallest absolute Gasteiger partial charge is 0.0349 e. The lowest BCUT2D eigenvalue weighted by Crippen LogP contribution is -2.35. The number of rotatable bonds is 3. The summed E-state index contributed by atoms with van der Waals surface area (Å²) in [5.74, 6) is 1.61. The molecule has 0 saturated heterocycles. The van der Waals surface area contributed by atoms with Crippen LogP contribution in [0, 0.1) is 11.8 Å². The number of anilines is 1. The molecule has 1 saturated carbocycles. The van der Waals surface area contributed by atoms with Gasteiger partial charge in [-0.1, -0.05) is 26.7 Å². The molecule has 0 radical (unpaired) electrons. The quantitative estimate of drug-likeness (QED) is 0.775. The second kappa shape index (κ2) is 5.54. The highest BCUT2D eigenvalue weighted by atomic mass is 32.1. The summed E-state index contributed by atoms with van der Waals surface area (Å²) in [6.45, 7) is 4.74. The van der Waals surface area contributed by atoms with Gasteiger partial charge < -0.3 is 5.32 Å². The number of hydrogen-bond donors (Lipinski definition) is 1. The van der Waals surface area contributed by atoms with E-state index in [0.717, 1.165) is 11.8 Å². The Bertz CT molecular complexity index is 543. The van der Waals surface area contributed by atoms with E-state index in [1.165, 1.54) is 41.5 Å². The minimum absolute atomic E-state index is 0.657. The number of benzene rings is 1. The molecule has 3 rings (SSSR count). The molecular weight excluding hydrogens is 250 g/mol. The third kappa shape index (κ3) is 2.79. The zero-order chi connectivity index (χ0) is 13.2. The SMILES string of the molecule is CC(C)C1CCCCC1Nc1ccc2sccc2c1. The Balaban J connectivity index is 1.78. The minimum atomic E-state index is 0.657. The van der Waals surface area contributed by atoms with Gasteiger partial charge in [-0.3, -0.25) is 0 Å². The summed E-state index contributed by atoms with van der Waals surface area (Å²) in [5, 5.41) is 7.34. The molecule has 1 fully saturated rings. The summed E-state index contributed by atoms with van der Waals surface area (Å²) >= 11 is 1.82. The van der Waals surface area contributed by atoms with Crippen LogP contribution in [-0.4, -0.2) is 6.04 Å². The van der Waals surface area contributed by atoms with Crippen molar-refractivity contribution in [2.75, 3.05) is 5.32 Å². The third-order valence-corrected chi connectivity index (χ3v) is 5.38. The summed E-state index contributed by atoms with van der Waals surface area (Å²) in [7, 11) is 0. The van der Waals surface area contributed by atoms with E-state index in [9.17, 15) is 0 Å². The van der Waals surface area contributed by atoms with Crippen LogP contribution in [0.2, 0.25) is 0 Å². The first-order valence-electron chi connectivity index (χ1n) is 7.48. The highest BCUT2D eigenvalue weighted by Gasteiger charge is 2.27. The predicted molar refractivity (Wildman–Crippen MR) is 86.0 cm³/mol. The van der Waals surface area contributed by atoms with Crippen LogP contribution in [0.5, 0.6) is 0 Å². The van der Waals surface area contributed by atoms with E-state index < -0.39 is 0 Å². The van der Waals surface area contributed by atoms with Crippen molar-refractivity contribution in [1.82, 2.24) is 0 Å². The molecule has 2 atom stereocenters. The summed E-state index contributed by atoms with van der Waals surface area (Å²) in [5.41, 5.74) is 1.29. The van der Waals surface area contributed by atoms with Crippen molar-refractivity contribution in [3.63, 3.8) is 0 Å². The fraction of sp³-hybridized carbons (Fsp3) is 0.529. The molecule has 2 heteroatoms. The van der Waals surface area contributed by atoms with E-state index in [2.05, 4.69) is 48.8 Å². The lowest BCUT2D eigenvalue weighted by molar-refractivity contribution is 0.254. The molecule has 2 aromatic rings. The second-order valence-corrected chi connectivity index (χ2v) is 7.06. The van der Waals surface area contributed by atoms with Gasteiger partial charge in [0.1, 0.15) is 0 Å². The topological polar surface area (TPSA) is 12.0 Å². The monoisotopic (exact) mass is 273 g/mol. The molecule has 1 nitrogen and oxygen atoms in total. The second-order valence-electron chi connectivity index (χ2n) is 6.12. The summed E-state index contributed by atoms with van der Waals surface area (Å²) in [4.78, 5) is 0. The molecular formula is C17H23NS. The van der Waals surface area contributed by atoms with Crippen molar-refractivity contribution in [3.05, 3.63) is 29.6 Å². The standard InChI is InChI=1S/C17H23NS/c1-12(2)15-5-3-4-6-16(15)18-14-7-8-17-13(11-14)9-10-19-17/h7-12,15-16,18H,3-6H2,1-2H3. The highest BCUT2D eigenvalue weighted by Crippen LogP contribution is 2.33. The normalized spacial score (nSPS) is 23.9. The van der Waals surface area contributed by atoms with Crippen LogP contribution in [0.4, 0.5) is 5.69 Å². The molecule has 1 aromatic heterocycles. The largest absolute Gasteiger partial charge is 0.382 e. The van der Waals surface area contributed by atoms with Gasteiger partial charge in [0.25, 0.3) is 0 Å². The van der Waals surface area contributed by atoms with E-state index in [1.807, 2.05) is 11.3 Å². The maximum Gasteiger partial charge on any atom is 0.0349 e. The van der Waals surface area contributed by atoms with Crippen LogP contribution in [0.25, 0.3) is 10.1 Å². The molecule has 1 N–H and O–H groups in total. The highest BCUT2D eigenvalue weighted by molar-refractivity contribution is 7.17. The molecule has 19 heavy (non-hydrogen) atoms. The van der Waals surface area contributed by atoms with E-state index in [0.29, 0.717) is 6.04 Å². The molecule has 0 spiro atoms. The minimum Gasteiger partial charge on any atom is -0.382 e. The van der Waals surface area contributed by atoms with Crippen LogP contribution in [0.3, 0.4) is 0 Å². The number of hydrogen-bond acceptors (Lipinski definition) is 2. The zero-order valence-electron chi connectivity index (χ0n) is 11.9. The van der Waals surface area contributed by atoms with Gasteiger partial charge in [0.15, 0.2) is 0 Å². The molecule has 1 heterocycles. The van der Waals surface area contributed by atoms with E-state index in [1.54, 1.807) is 0 Å². The van der Waals surface area contributed by atoms with Crippen molar-refractivity contribution in [2.24, 2.45) is 11.8 Å². The zero-order valence-corrected chi connectivity index (χ0v) is 12.7. The first kappa shape index (κ1) is 13.0. The van der Waals surface area contributed by atoms with Crippen LogP contribution in [0.1, 0.15) is 39.5 Å². The van der Waals surface area contributed by atoms with Crippen LogP contribution < -0.4 is 5.32 Å². The van der Waals surface area contributed by atoms with Gasteiger partial charge in [-0.15, -0.1) is 11.3 Å². The van der Waals surface area contributed by atoms with Gasteiger partial charge >= 0.3 is 0 Å². The fourth-order valence-corrected chi connectivity index (χ4v) is 4.18. The molecule has 1 aromatic carbocycles. The Morgan fingerprint density at radius 3 is 2.84 bits per heavy atom. The Hall–Kier alpha value is -1.02. The average molecular weight is 273 g/mol. The van der Waals surface area contributed by atoms with Crippen LogP contribution in [-0.2, 0) is 0 Å². The number of fused-ring (bicyclic) bond motifs is 1. The Labute approximate surface area is 120 Å². The van der Waals surface area contributed by atoms with E-state index >= 15 is 0 Å². The Kier molecular flexibility index (Phi) is 3.79. The lowest BCUT2D eigenvalue weighted by atomic mass is 9.78. The van der Waals surface area contributed by atoms with Crippen molar-refractivity contribution in [2.45, 2.75) is 45.6 Å². The van der Waals surface area contributed by atoms with Gasteiger partial charge in [0.05, 0.1) is 0 Å². The molecule has 1 aliphatic carbocycles. The van der Waals surface area contributed by atoms with Gasteiger partial charge in [-0.05, 0) is 59.7 Å². The van der Waals surface area contributed by atoms with Gasteiger partial charge in [0, 0.05) is 16.4 Å². The van der Waals surface area contributed by atoms with Crippen LogP contribution in [0.15, 0.2) is 29.6 Å². The first-order chi connectivity index (χ1) is 9.24. The maximum atomic E-state index is 3.80. The molecule has 0 bridgehead atoms. The molecule has 0 amide bonds. The number of nitrogens with one attached hydrogen (secondary N) is 1. The Morgan fingerprint density at radius 2 is 2.00 bits per heavy atom. The summed E-state index contributed by atoms with van der Waals surface area (Å²) in [6.07, 6.45) is 5.49. The fourth-order valence-electron chi connectivity index (χ4n) is 3.41. The molecule has 0 aliphatic heterocycles. The Morgan fingerprint density at radius 1 is 1.16 bits per heavy atom. The van der Waals surface area contributed by atoms with Crippen molar-refractivity contribution in [3.8, 4) is 0 Å². The maximum absolute atomic E-state index is 3.80. The summed E-state index contributed by atoms with van der Waals surface area (Å²) < 4.78 is 1.38. The lowest BCUT2D eigenvalue weighted by Gasteiger charge is -2.35. The molecule has 2 unspecified atom stereocenters. The number of thiophene rings is 1. The van der Waals surface area contributed by atoms with Crippen molar-refractivity contribution in [1.29, 1.82) is 0 Å². The average Bonchev–Trinajstić information content (AvgIpc) is 2.86. The van der Waals surface area contributed by atoms with Gasteiger partial charge in [0.2, 0.25) is 0 Å². The van der Waals surface area contributed by atoms with Crippen molar-refractivity contribution >= 4 is 27.1 Å². The van der Waals surface area contributed by atoms with Crippen LogP contribution >= 0.6 is 11.3 Å². The molecule has 1 aliphatic rings. The first-order valence-corrected chi connectivity index (χ1v) is 8.36. The van der Waals surface area contributed by atoms with E-state index in [-0.39, 0.29) is 0 Å². The predicted octanol–water partition coefficient (Wildman–Crippen LogP) is 5.53. The summed E-state index contributed by atoms with van der Waals surface area (Å²) in [6, 6.07) is 9.66. The van der Waals surface area contributed by atoms with Gasteiger partial charge in [-0.25, -0.2) is 0 Å². The third-order valence-electron chi connectivity index (χ3n) is 4.48.